The van der Waals surface area contributed by atoms with E-state index in [0.29, 0.717) is 10.6 Å². The Bertz CT molecular complexity index is 1250. The van der Waals surface area contributed by atoms with Gasteiger partial charge < -0.3 is 15.4 Å². The van der Waals surface area contributed by atoms with Gasteiger partial charge in [0.15, 0.2) is 0 Å². The largest absolute Gasteiger partial charge is 0.493 e. The van der Waals surface area contributed by atoms with Crippen LogP contribution in [0.1, 0.15) is 46.0 Å². The predicted octanol–water partition coefficient (Wildman–Crippen LogP) is 5.04. The summed E-state index contributed by atoms with van der Waals surface area (Å²) < 4.78 is 72.5. The van der Waals surface area contributed by atoms with Gasteiger partial charge in [-0.1, -0.05) is 0 Å². The number of halogens is 5. The third kappa shape index (κ3) is 6.58. The Morgan fingerprint density at radius 1 is 1.22 bits per heavy atom. The van der Waals surface area contributed by atoms with Gasteiger partial charge in [-0.2, -0.15) is 13.2 Å². The maximum absolute atomic E-state index is 14.3. The monoisotopic (exact) mass is 541 g/mol. The van der Waals surface area contributed by atoms with Gasteiger partial charge in [0.1, 0.15) is 10.8 Å². The first-order valence-corrected chi connectivity index (χ1v) is 12.2. The second kappa shape index (κ2) is 10.7. The molecule has 1 aliphatic heterocycles. The molecule has 3 aromatic rings. The van der Waals surface area contributed by atoms with E-state index in [-0.39, 0.29) is 43.0 Å². The quantitative estimate of drug-likeness (QED) is 0.408. The standard InChI is InChI=1S/C24H24F5N5O2S/c1-13-8-31-21(37-13)16-5-15(6-19(7-16)36-12-18-11-30-4-3-23(18,25)26)20(35)34-14(2)17-9-32-22(33-10-17)24(27,28)29/h5-10,14,18,30H,3-4,11-12H2,1-2H3,(H,34,35). The third-order valence-electron chi connectivity index (χ3n) is 5.88. The number of hydrogen-bond donors (Lipinski definition) is 2. The van der Waals surface area contributed by atoms with Gasteiger partial charge in [0.2, 0.25) is 5.82 Å². The number of amides is 1. The average Bonchev–Trinajstić information content (AvgIpc) is 3.28. The van der Waals surface area contributed by atoms with E-state index in [1.54, 1.807) is 25.3 Å². The fourth-order valence-corrected chi connectivity index (χ4v) is 4.51. The van der Waals surface area contributed by atoms with Gasteiger partial charge in [-0.3, -0.25) is 4.79 Å². The summed E-state index contributed by atoms with van der Waals surface area (Å²) in [5.74, 6) is -5.49. The van der Waals surface area contributed by atoms with E-state index in [2.05, 4.69) is 25.6 Å². The lowest BCUT2D eigenvalue weighted by molar-refractivity contribution is -0.145. The molecule has 1 amide bonds. The van der Waals surface area contributed by atoms with Crippen molar-refractivity contribution in [2.75, 3.05) is 19.7 Å². The van der Waals surface area contributed by atoms with Crippen LogP contribution in [0.4, 0.5) is 22.0 Å². The van der Waals surface area contributed by atoms with E-state index in [4.69, 9.17) is 4.74 Å². The topological polar surface area (TPSA) is 89.0 Å². The van der Waals surface area contributed by atoms with Crippen molar-refractivity contribution in [2.24, 2.45) is 5.92 Å². The van der Waals surface area contributed by atoms with Crippen LogP contribution in [-0.4, -0.2) is 46.5 Å². The number of ether oxygens (including phenoxy) is 1. The number of carbonyl (C=O) groups is 1. The van der Waals surface area contributed by atoms with Crippen LogP contribution in [0.3, 0.4) is 0 Å². The van der Waals surface area contributed by atoms with Crippen molar-refractivity contribution < 1.29 is 31.5 Å². The second-order valence-electron chi connectivity index (χ2n) is 8.78. The highest BCUT2D eigenvalue weighted by Crippen LogP contribution is 2.33. The Labute approximate surface area is 213 Å². The molecular weight excluding hydrogens is 517 g/mol. The molecule has 2 aromatic heterocycles. The molecule has 0 saturated carbocycles. The molecule has 4 rings (SSSR count). The van der Waals surface area contributed by atoms with Gasteiger partial charge in [-0.15, -0.1) is 11.3 Å². The van der Waals surface area contributed by atoms with Crippen LogP contribution < -0.4 is 15.4 Å². The summed E-state index contributed by atoms with van der Waals surface area (Å²) in [5.41, 5.74) is 1.02. The summed E-state index contributed by atoms with van der Waals surface area (Å²) in [6, 6.07) is 3.95. The highest BCUT2D eigenvalue weighted by atomic mass is 32.1. The molecule has 3 heterocycles. The number of piperidine rings is 1. The molecule has 37 heavy (non-hydrogen) atoms. The van der Waals surface area contributed by atoms with Gasteiger partial charge in [0.05, 0.1) is 18.6 Å². The molecule has 1 aromatic carbocycles. The molecule has 1 aliphatic rings. The highest BCUT2D eigenvalue weighted by molar-refractivity contribution is 7.14. The van der Waals surface area contributed by atoms with Crippen LogP contribution in [0, 0.1) is 12.8 Å². The SMILES string of the molecule is Cc1cnc(-c2cc(OCC3CNCCC3(F)F)cc(C(=O)NC(C)c3cnc(C(F)(F)F)nc3)c2)s1. The Morgan fingerprint density at radius 2 is 1.95 bits per heavy atom. The van der Waals surface area contributed by atoms with E-state index in [9.17, 15) is 26.7 Å². The van der Waals surface area contributed by atoms with Crippen LogP contribution >= 0.6 is 11.3 Å². The van der Waals surface area contributed by atoms with Crippen LogP contribution in [0.15, 0.2) is 36.8 Å². The number of aromatic nitrogens is 3. The maximum Gasteiger partial charge on any atom is 0.451 e. The van der Waals surface area contributed by atoms with Crippen molar-refractivity contribution >= 4 is 17.2 Å². The van der Waals surface area contributed by atoms with E-state index < -0.39 is 35.8 Å². The minimum atomic E-state index is -4.67. The summed E-state index contributed by atoms with van der Waals surface area (Å²) in [5, 5.41) is 6.25. The van der Waals surface area contributed by atoms with Crippen molar-refractivity contribution in [1.29, 1.82) is 0 Å². The maximum atomic E-state index is 14.3. The molecule has 198 valence electrons. The lowest BCUT2D eigenvalue weighted by atomic mass is 9.96. The van der Waals surface area contributed by atoms with Crippen molar-refractivity contribution in [3.05, 3.63) is 58.6 Å². The normalized spacial score (nSPS) is 18.3. The molecule has 0 radical (unpaired) electrons. The van der Waals surface area contributed by atoms with Crippen LogP contribution in [-0.2, 0) is 6.18 Å². The zero-order chi connectivity index (χ0) is 26.8. The minimum Gasteiger partial charge on any atom is -0.493 e. The van der Waals surface area contributed by atoms with Crippen molar-refractivity contribution in [1.82, 2.24) is 25.6 Å². The Morgan fingerprint density at radius 3 is 2.57 bits per heavy atom. The number of aryl methyl sites for hydroxylation is 1. The van der Waals surface area contributed by atoms with E-state index in [1.165, 1.54) is 17.4 Å². The van der Waals surface area contributed by atoms with Crippen molar-refractivity contribution in [2.45, 2.75) is 38.4 Å². The Balaban J connectivity index is 1.54. The number of carbonyl (C=O) groups excluding carboxylic acids is 1. The summed E-state index contributed by atoms with van der Waals surface area (Å²) in [7, 11) is 0. The average molecular weight is 542 g/mol. The van der Waals surface area contributed by atoms with E-state index in [1.807, 2.05) is 6.92 Å². The van der Waals surface area contributed by atoms with Gasteiger partial charge >= 0.3 is 6.18 Å². The van der Waals surface area contributed by atoms with Crippen LogP contribution in [0.25, 0.3) is 10.6 Å². The van der Waals surface area contributed by atoms with Crippen molar-refractivity contribution in [3.63, 3.8) is 0 Å². The number of hydrogen-bond acceptors (Lipinski definition) is 7. The minimum absolute atomic E-state index is 0.110. The first-order chi connectivity index (χ1) is 17.4. The zero-order valence-corrected chi connectivity index (χ0v) is 20.7. The number of nitrogens with zero attached hydrogens (tertiary/aromatic N) is 3. The molecule has 0 bridgehead atoms. The number of alkyl halides is 5. The van der Waals surface area contributed by atoms with Crippen LogP contribution in [0.2, 0.25) is 0 Å². The predicted molar refractivity (Wildman–Crippen MR) is 127 cm³/mol. The summed E-state index contributed by atoms with van der Waals surface area (Å²) >= 11 is 1.39. The molecular formula is C24H24F5N5O2S. The fourth-order valence-electron chi connectivity index (χ4n) is 3.76. The summed E-state index contributed by atoms with van der Waals surface area (Å²) in [6.07, 6.45) is -1.27. The van der Waals surface area contributed by atoms with Crippen LogP contribution in [0.5, 0.6) is 5.75 Å². The molecule has 7 nitrogen and oxygen atoms in total. The third-order valence-corrected chi connectivity index (χ3v) is 6.85. The second-order valence-corrected chi connectivity index (χ2v) is 10.0. The van der Waals surface area contributed by atoms with Crippen molar-refractivity contribution in [3.8, 4) is 16.3 Å². The highest BCUT2D eigenvalue weighted by Gasteiger charge is 2.42. The smallest absolute Gasteiger partial charge is 0.451 e. The Hall–Kier alpha value is -3.19. The zero-order valence-electron chi connectivity index (χ0n) is 19.9. The first kappa shape index (κ1) is 26.9. The molecule has 2 unspecified atom stereocenters. The van der Waals surface area contributed by atoms with E-state index >= 15 is 0 Å². The molecule has 2 atom stereocenters. The Kier molecular flexibility index (Phi) is 7.74. The molecule has 2 N–H and O–H groups in total. The first-order valence-electron chi connectivity index (χ1n) is 11.4. The molecule has 0 aliphatic carbocycles. The van der Waals surface area contributed by atoms with Gasteiger partial charge in [-0.05, 0) is 32.0 Å². The number of thiazole rings is 1. The van der Waals surface area contributed by atoms with Gasteiger partial charge in [0.25, 0.3) is 11.8 Å². The number of rotatable bonds is 7. The lowest BCUT2D eigenvalue weighted by Gasteiger charge is -2.31. The molecule has 13 heteroatoms. The summed E-state index contributed by atoms with van der Waals surface area (Å²) in [6.45, 7) is 3.54. The number of nitrogens with one attached hydrogen (secondary N) is 2. The fraction of sp³-hybridized carbons (Fsp3) is 0.417. The van der Waals surface area contributed by atoms with E-state index in [0.717, 1.165) is 17.3 Å². The molecule has 1 saturated heterocycles. The number of benzene rings is 1. The van der Waals surface area contributed by atoms with Gasteiger partial charge in [-0.25, -0.2) is 23.7 Å². The molecule has 0 spiro atoms. The summed E-state index contributed by atoms with van der Waals surface area (Å²) in [4.78, 5) is 25.0. The molecule has 1 fully saturated rings. The lowest BCUT2D eigenvalue weighted by Crippen LogP contribution is -2.47. The van der Waals surface area contributed by atoms with Gasteiger partial charge in [0, 0.05) is 59.7 Å².